The number of methoxy groups -OCH3 is 1. The molecule has 1 unspecified atom stereocenters. The van der Waals surface area contributed by atoms with E-state index in [-0.39, 0.29) is 17.9 Å². The molecule has 6 nitrogen and oxygen atoms in total. The Labute approximate surface area is 182 Å². The SMILES string of the molecule is CCCN(CCC)C(=O)CCCC(=O)NCC(c1ccc(OC)cc1)N1CCCC1. The number of amides is 2. The summed E-state index contributed by atoms with van der Waals surface area (Å²) in [6.45, 7) is 8.50. The van der Waals surface area contributed by atoms with Gasteiger partial charge in [0.25, 0.3) is 0 Å². The Morgan fingerprint density at radius 1 is 1.07 bits per heavy atom. The number of benzene rings is 1. The third-order valence-electron chi connectivity index (χ3n) is 5.71. The Hall–Kier alpha value is -2.08. The summed E-state index contributed by atoms with van der Waals surface area (Å²) >= 11 is 0. The minimum atomic E-state index is 0.0260. The normalized spacial score (nSPS) is 15.0. The minimum absolute atomic E-state index is 0.0260. The summed E-state index contributed by atoms with van der Waals surface area (Å²) in [6, 6.07) is 8.30. The minimum Gasteiger partial charge on any atom is -0.497 e. The van der Waals surface area contributed by atoms with E-state index in [0.29, 0.717) is 25.8 Å². The summed E-state index contributed by atoms with van der Waals surface area (Å²) < 4.78 is 5.27. The molecule has 1 aromatic rings. The van der Waals surface area contributed by atoms with Crippen LogP contribution >= 0.6 is 0 Å². The molecule has 6 heteroatoms. The van der Waals surface area contributed by atoms with Crippen molar-refractivity contribution in [2.75, 3.05) is 39.8 Å². The number of nitrogens with one attached hydrogen (secondary N) is 1. The predicted octanol–water partition coefficient (Wildman–Crippen LogP) is 3.77. The summed E-state index contributed by atoms with van der Waals surface area (Å²) in [5.74, 6) is 1.03. The highest BCUT2D eigenvalue weighted by atomic mass is 16.5. The van der Waals surface area contributed by atoms with Gasteiger partial charge in [0.2, 0.25) is 11.8 Å². The number of carbonyl (C=O) groups is 2. The number of hydrogen-bond acceptors (Lipinski definition) is 4. The van der Waals surface area contributed by atoms with Gasteiger partial charge >= 0.3 is 0 Å². The van der Waals surface area contributed by atoms with Gasteiger partial charge in [-0.05, 0) is 62.9 Å². The number of rotatable bonds is 13. The maximum absolute atomic E-state index is 12.4. The lowest BCUT2D eigenvalue weighted by atomic mass is 10.0. The summed E-state index contributed by atoms with van der Waals surface area (Å²) in [4.78, 5) is 29.1. The van der Waals surface area contributed by atoms with Crippen molar-refractivity contribution in [3.63, 3.8) is 0 Å². The molecule has 168 valence electrons. The molecule has 0 saturated carbocycles. The average Bonchev–Trinajstić information content (AvgIpc) is 3.28. The molecule has 1 heterocycles. The third-order valence-corrected chi connectivity index (χ3v) is 5.71. The molecule has 1 fully saturated rings. The first kappa shape index (κ1) is 24.2. The molecule has 1 atom stereocenters. The molecule has 0 aliphatic carbocycles. The van der Waals surface area contributed by atoms with Crippen LogP contribution in [0, 0.1) is 0 Å². The lowest BCUT2D eigenvalue weighted by molar-refractivity contribution is -0.131. The zero-order valence-electron chi connectivity index (χ0n) is 19.0. The van der Waals surface area contributed by atoms with Crippen LogP contribution < -0.4 is 10.1 Å². The standard InChI is InChI=1S/C24H39N3O3/c1-4-15-27(16-5-2)24(29)10-8-9-23(28)25-19-22(26-17-6-7-18-26)20-11-13-21(30-3)14-12-20/h11-14,22H,4-10,15-19H2,1-3H3,(H,25,28). The second-order valence-corrected chi connectivity index (χ2v) is 8.07. The molecule has 0 spiro atoms. The van der Waals surface area contributed by atoms with Crippen molar-refractivity contribution in [2.24, 2.45) is 0 Å². The molecule has 1 aliphatic heterocycles. The van der Waals surface area contributed by atoms with E-state index in [1.165, 1.54) is 18.4 Å². The van der Waals surface area contributed by atoms with Gasteiger partial charge in [-0.25, -0.2) is 0 Å². The number of hydrogen-bond donors (Lipinski definition) is 1. The highest BCUT2D eigenvalue weighted by molar-refractivity contribution is 5.79. The van der Waals surface area contributed by atoms with Crippen LogP contribution in [0.25, 0.3) is 0 Å². The van der Waals surface area contributed by atoms with Crippen LogP contribution in [0.4, 0.5) is 0 Å². The van der Waals surface area contributed by atoms with Gasteiger partial charge in [0.05, 0.1) is 13.2 Å². The molecule has 1 N–H and O–H groups in total. The van der Waals surface area contributed by atoms with Crippen LogP contribution in [0.1, 0.15) is 70.4 Å². The fourth-order valence-electron chi connectivity index (χ4n) is 4.10. The van der Waals surface area contributed by atoms with Crippen LogP contribution in [-0.4, -0.2) is 61.4 Å². The van der Waals surface area contributed by atoms with Crippen molar-refractivity contribution in [1.29, 1.82) is 0 Å². The van der Waals surface area contributed by atoms with Crippen molar-refractivity contribution in [3.05, 3.63) is 29.8 Å². The third kappa shape index (κ3) is 7.63. The van der Waals surface area contributed by atoms with Crippen LogP contribution in [0.3, 0.4) is 0 Å². The molecule has 0 bridgehead atoms. The quantitative estimate of drug-likeness (QED) is 0.531. The Balaban J connectivity index is 1.82. The molecule has 1 saturated heterocycles. The number of carbonyl (C=O) groups excluding carboxylic acids is 2. The zero-order chi connectivity index (χ0) is 21.8. The monoisotopic (exact) mass is 417 g/mol. The van der Waals surface area contributed by atoms with Crippen molar-refractivity contribution in [1.82, 2.24) is 15.1 Å². The number of nitrogens with zero attached hydrogens (tertiary/aromatic N) is 2. The molecule has 0 aromatic heterocycles. The molecule has 2 amide bonds. The summed E-state index contributed by atoms with van der Waals surface area (Å²) in [6.07, 6.45) is 5.79. The van der Waals surface area contributed by atoms with E-state index in [1.807, 2.05) is 17.0 Å². The lowest BCUT2D eigenvalue weighted by Gasteiger charge is -2.28. The van der Waals surface area contributed by atoms with E-state index in [2.05, 4.69) is 36.2 Å². The van der Waals surface area contributed by atoms with Crippen molar-refractivity contribution >= 4 is 11.8 Å². The fraction of sp³-hybridized carbons (Fsp3) is 0.667. The maximum atomic E-state index is 12.4. The fourth-order valence-corrected chi connectivity index (χ4v) is 4.10. The van der Waals surface area contributed by atoms with Crippen LogP contribution in [0.15, 0.2) is 24.3 Å². The molecule has 2 rings (SSSR count). The molecule has 0 radical (unpaired) electrons. The predicted molar refractivity (Wildman–Crippen MR) is 121 cm³/mol. The van der Waals surface area contributed by atoms with Crippen molar-refractivity contribution in [2.45, 2.75) is 64.8 Å². The topological polar surface area (TPSA) is 61.9 Å². The Morgan fingerprint density at radius 3 is 2.27 bits per heavy atom. The largest absolute Gasteiger partial charge is 0.497 e. The van der Waals surface area contributed by atoms with Gasteiger partial charge in [-0.2, -0.15) is 0 Å². The average molecular weight is 418 g/mol. The van der Waals surface area contributed by atoms with Gasteiger partial charge in [-0.1, -0.05) is 26.0 Å². The van der Waals surface area contributed by atoms with E-state index < -0.39 is 0 Å². The summed E-state index contributed by atoms with van der Waals surface area (Å²) in [5.41, 5.74) is 1.20. The lowest BCUT2D eigenvalue weighted by Crippen LogP contribution is -2.37. The highest BCUT2D eigenvalue weighted by Gasteiger charge is 2.24. The molecule has 30 heavy (non-hydrogen) atoms. The van der Waals surface area contributed by atoms with Gasteiger partial charge < -0.3 is 15.0 Å². The van der Waals surface area contributed by atoms with E-state index >= 15 is 0 Å². The van der Waals surface area contributed by atoms with Crippen molar-refractivity contribution < 1.29 is 14.3 Å². The van der Waals surface area contributed by atoms with E-state index in [0.717, 1.165) is 44.8 Å². The Morgan fingerprint density at radius 2 is 1.70 bits per heavy atom. The molecular weight excluding hydrogens is 378 g/mol. The van der Waals surface area contributed by atoms with Gasteiger partial charge in [0, 0.05) is 32.5 Å². The van der Waals surface area contributed by atoms with E-state index in [4.69, 9.17) is 4.74 Å². The van der Waals surface area contributed by atoms with Gasteiger partial charge in [0.15, 0.2) is 0 Å². The molecule has 1 aliphatic rings. The number of likely N-dealkylation sites (tertiary alicyclic amines) is 1. The Kier molecular flexibility index (Phi) is 10.7. The second-order valence-electron chi connectivity index (χ2n) is 8.07. The first-order valence-electron chi connectivity index (χ1n) is 11.5. The first-order chi connectivity index (χ1) is 14.6. The highest BCUT2D eigenvalue weighted by Crippen LogP contribution is 2.26. The smallest absolute Gasteiger partial charge is 0.222 e. The van der Waals surface area contributed by atoms with Gasteiger partial charge in [-0.3, -0.25) is 14.5 Å². The Bertz CT molecular complexity index is 636. The maximum Gasteiger partial charge on any atom is 0.222 e. The van der Waals surface area contributed by atoms with E-state index in [9.17, 15) is 9.59 Å². The summed E-state index contributed by atoms with van der Waals surface area (Å²) in [7, 11) is 1.67. The van der Waals surface area contributed by atoms with Crippen LogP contribution in [0.5, 0.6) is 5.75 Å². The number of ether oxygens (including phenoxy) is 1. The van der Waals surface area contributed by atoms with E-state index in [1.54, 1.807) is 7.11 Å². The molecular formula is C24H39N3O3. The van der Waals surface area contributed by atoms with Crippen LogP contribution in [-0.2, 0) is 9.59 Å². The first-order valence-corrected chi connectivity index (χ1v) is 11.5. The second kappa shape index (κ2) is 13.3. The molecule has 1 aromatic carbocycles. The zero-order valence-corrected chi connectivity index (χ0v) is 19.0. The van der Waals surface area contributed by atoms with Crippen molar-refractivity contribution in [3.8, 4) is 5.75 Å². The van der Waals surface area contributed by atoms with Gasteiger partial charge in [-0.15, -0.1) is 0 Å². The van der Waals surface area contributed by atoms with Gasteiger partial charge in [0.1, 0.15) is 5.75 Å². The summed E-state index contributed by atoms with van der Waals surface area (Å²) in [5, 5.41) is 3.10. The van der Waals surface area contributed by atoms with Crippen LogP contribution in [0.2, 0.25) is 0 Å².